The third-order valence-corrected chi connectivity index (χ3v) is 9.42. The van der Waals surface area contributed by atoms with Crippen LogP contribution in [0.3, 0.4) is 0 Å². The van der Waals surface area contributed by atoms with Crippen LogP contribution in [0.4, 0.5) is 0 Å². The molecule has 0 spiro atoms. The maximum absolute atomic E-state index is 3.74. The van der Waals surface area contributed by atoms with E-state index in [1.165, 1.54) is 71.6 Å². The van der Waals surface area contributed by atoms with E-state index in [0.29, 0.717) is 0 Å². The standard InChI is InChI=1S/C35H33NP/c1-23-13-6-7-14-25(23)26-16-10-17-27(24(26)2)31-20-12-21-32(35(31)37(3,4)5)30-19-11-18-29-28-15-8-9-22-33(28)36-34(29)30/h6-22,36H,1-5H3/q+1. The van der Waals surface area contributed by atoms with Crippen LogP contribution in [0.5, 0.6) is 0 Å². The molecule has 0 unspecified atom stereocenters. The van der Waals surface area contributed by atoms with Gasteiger partial charge in [-0.15, -0.1) is 0 Å². The molecule has 2 heteroatoms. The fourth-order valence-electron chi connectivity index (χ4n) is 5.89. The van der Waals surface area contributed by atoms with E-state index in [1.807, 2.05) is 0 Å². The maximum Gasteiger partial charge on any atom is 0.109 e. The van der Waals surface area contributed by atoms with E-state index >= 15 is 0 Å². The van der Waals surface area contributed by atoms with Gasteiger partial charge in [0.05, 0.1) is 25.5 Å². The fourth-order valence-corrected chi connectivity index (χ4v) is 7.73. The van der Waals surface area contributed by atoms with Crippen molar-refractivity contribution in [3.8, 4) is 33.4 Å². The van der Waals surface area contributed by atoms with Gasteiger partial charge in [-0.1, -0.05) is 97.1 Å². The molecule has 1 aromatic heterocycles. The highest BCUT2D eigenvalue weighted by Crippen LogP contribution is 2.52. The van der Waals surface area contributed by atoms with E-state index < -0.39 is 7.26 Å². The third kappa shape index (κ3) is 3.99. The molecule has 37 heavy (non-hydrogen) atoms. The number of para-hydroxylation sites is 2. The highest BCUT2D eigenvalue weighted by molar-refractivity contribution is 7.81. The summed E-state index contributed by atoms with van der Waals surface area (Å²) in [5.74, 6) is 0. The SMILES string of the molecule is Cc1ccccc1-c1cccc(-c2cccc(-c3cccc4c3[nH]c3ccccc34)c2[P+](C)(C)C)c1C. The summed E-state index contributed by atoms with van der Waals surface area (Å²) < 4.78 is 0. The highest BCUT2D eigenvalue weighted by atomic mass is 31.2. The monoisotopic (exact) mass is 498 g/mol. The van der Waals surface area contributed by atoms with Crippen molar-refractivity contribution in [2.75, 3.05) is 20.0 Å². The number of nitrogens with one attached hydrogen (secondary N) is 1. The summed E-state index contributed by atoms with van der Waals surface area (Å²) in [7, 11) is -1.42. The summed E-state index contributed by atoms with van der Waals surface area (Å²) in [5.41, 5.74) is 13.0. The fraction of sp³-hybridized carbons (Fsp3) is 0.143. The molecule has 6 aromatic rings. The molecule has 182 valence electrons. The highest BCUT2D eigenvalue weighted by Gasteiger charge is 2.31. The van der Waals surface area contributed by atoms with Crippen molar-refractivity contribution >= 4 is 34.4 Å². The van der Waals surface area contributed by atoms with Crippen LogP contribution >= 0.6 is 7.26 Å². The number of aryl methyl sites for hydroxylation is 1. The predicted molar refractivity (Wildman–Crippen MR) is 166 cm³/mol. The van der Waals surface area contributed by atoms with Crippen molar-refractivity contribution in [1.82, 2.24) is 4.98 Å². The third-order valence-electron chi connectivity index (χ3n) is 7.60. The van der Waals surface area contributed by atoms with Crippen LogP contribution in [0.25, 0.3) is 55.2 Å². The molecule has 0 saturated carbocycles. The Balaban J connectivity index is 1.63. The Kier molecular flexibility index (Phi) is 5.78. The quantitative estimate of drug-likeness (QED) is 0.233. The lowest BCUT2D eigenvalue weighted by molar-refractivity contribution is 1.41. The van der Waals surface area contributed by atoms with Crippen LogP contribution in [-0.2, 0) is 0 Å². The summed E-state index contributed by atoms with van der Waals surface area (Å²) >= 11 is 0. The van der Waals surface area contributed by atoms with Gasteiger partial charge in [-0.25, -0.2) is 0 Å². The number of aromatic amines is 1. The average molecular weight is 499 g/mol. The van der Waals surface area contributed by atoms with Crippen LogP contribution in [0.15, 0.2) is 103 Å². The Bertz CT molecular complexity index is 1780. The number of fused-ring (bicyclic) bond motifs is 3. The number of rotatable bonds is 4. The average Bonchev–Trinajstić information content (AvgIpc) is 3.27. The van der Waals surface area contributed by atoms with Gasteiger partial charge in [-0.2, -0.15) is 0 Å². The van der Waals surface area contributed by atoms with Crippen molar-refractivity contribution in [2.45, 2.75) is 13.8 Å². The number of aromatic nitrogens is 1. The topological polar surface area (TPSA) is 15.8 Å². The minimum Gasteiger partial charge on any atom is -0.354 e. The first-order valence-electron chi connectivity index (χ1n) is 13.0. The Labute approximate surface area is 220 Å². The van der Waals surface area contributed by atoms with Gasteiger partial charge in [0, 0.05) is 40.2 Å². The van der Waals surface area contributed by atoms with E-state index in [0.717, 1.165) is 0 Å². The Morgan fingerprint density at radius 3 is 1.73 bits per heavy atom. The van der Waals surface area contributed by atoms with Gasteiger partial charge in [0.25, 0.3) is 0 Å². The predicted octanol–water partition coefficient (Wildman–Crippen LogP) is 9.47. The van der Waals surface area contributed by atoms with E-state index in [4.69, 9.17) is 0 Å². The smallest absolute Gasteiger partial charge is 0.109 e. The molecule has 0 aliphatic carbocycles. The normalized spacial score (nSPS) is 11.9. The number of hydrogen-bond acceptors (Lipinski definition) is 0. The molecule has 0 radical (unpaired) electrons. The molecular formula is C35H33NP+. The van der Waals surface area contributed by atoms with Gasteiger partial charge in [0.2, 0.25) is 0 Å². The lowest BCUT2D eigenvalue weighted by Crippen LogP contribution is -2.15. The largest absolute Gasteiger partial charge is 0.354 e. The van der Waals surface area contributed by atoms with E-state index in [1.54, 1.807) is 0 Å². The molecule has 1 N–H and O–H groups in total. The first-order valence-corrected chi connectivity index (χ1v) is 16.1. The van der Waals surface area contributed by atoms with Gasteiger partial charge in [-0.3, -0.25) is 0 Å². The molecule has 0 fully saturated rings. The number of hydrogen-bond donors (Lipinski definition) is 1. The second-order valence-corrected chi connectivity index (χ2v) is 15.4. The van der Waals surface area contributed by atoms with Crippen molar-refractivity contribution < 1.29 is 0 Å². The number of H-pyrrole nitrogens is 1. The molecule has 0 bridgehead atoms. The van der Waals surface area contributed by atoms with Gasteiger partial charge >= 0.3 is 0 Å². The molecule has 0 atom stereocenters. The Hall–Kier alpha value is -3.67. The first kappa shape index (κ1) is 23.7. The Morgan fingerprint density at radius 1 is 0.486 bits per heavy atom. The molecule has 0 aliphatic heterocycles. The van der Waals surface area contributed by atoms with Gasteiger partial charge in [0.15, 0.2) is 0 Å². The lowest BCUT2D eigenvalue weighted by atomic mass is 9.89. The maximum atomic E-state index is 3.74. The molecule has 5 aromatic carbocycles. The molecule has 0 saturated heterocycles. The van der Waals surface area contributed by atoms with Crippen molar-refractivity contribution in [3.63, 3.8) is 0 Å². The summed E-state index contributed by atoms with van der Waals surface area (Å²) in [6.07, 6.45) is 0. The molecule has 1 nitrogen and oxygen atoms in total. The molecule has 1 heterocycles. The number of benzene rings is 5. The minimum atomic E-state index is -1.42. The van der Waals surface area contributed by atoms with Crippen LogP contribution in [0.1, 0.15) is 11.1 Å². The van der Waals surface area contributed by atoms with Crippen molar-refractivity contribution in [3.05, 3.63) is 114 Å². The van der Waals surface area contributed by atoms with E-state index in [2.05, 4.69) is 142 Å². The lowest BCUT2D eigenvalue weighted by Gasteiger charge is -2.23. The van der Waals surface area contributed by atoms with Gasteiger partial charge in [-0.05, 0) is 47.7 Å². The zero-order chi connectivity index (χ0) is 25.7. The summed E-state index contributed by atoms with van der Waals surface area (Å²) in [6.45, 7) is 11.8. The molecule has 6 rings (SSSR count). The van der Waals surface area contributed by atoms with Crippen LogP contribution < -0.4 is 5.30 Å². The Morgan fingerprint density at radius 2 is 1.00 bits per heavy atom. The summed E-state index contributed by atoms with van der Waals surface area (Å²) in [4.78, 5) is 3.74. The van der Waals surface area contributed by atoms with Crippen LogP contribution in [0.2, 0.25) is 0 Å². The van der Waals surface area contributed by atoms with Crippen molar-refractivity contribution in [1.29, 1.82) is 0 Å². The zero-order valence-electron chi connectivity index (χ0n) is 22.3. The van der Waals surface area contributed by atoms with Gasteiger partial charge in [0.1, 0.15) is 5.30 Å². The van der Waals surface area contributed by atoms with Gasteiger partial charge < -0.3 is 4.98 Å². The van der Waals surface area contributed by atoms with E-state index in [-0.39, 0.29) is 0 Å². The van der Waals surface area contributed by atoms with E-state index in [9.17, 15) is 0 Å². The molecular weight excluding hydrogens is 465 g/mol. The molecule has 0 amide bonds. The molecule has 0 aliphatic rings. The van der Waals surface area contributed by atoms with Crippen molar-refractivity contribution in [2.24, 2.45) is 0 Å². The second-order valence-electron chi connectivity index (χ2n) is 10.9. The zero-order valence-corrected chi connectivity index (χ0v) is 23.2. The van der Waals surface area contributed by atoms with Crippen LogP contribution in [0, 0.1) is 13.8 Å². The minimum absolute atomic E-state index is 1.19. The first-order chi connectivity index (χ1) is 17.8. The second kappa shape index (κ2) is 9.02. The summed E-state index contributed by atoms with van der Waals surface area (Å²) in [5, 5.41) is 4.06. The van der Waals surface area contributed by atoms with Crippen LogP contribution in [-0.4, -0.2) is 25.0 Å². The summed E-state index contributed by atoms with van der Waals surface area (Å²) in [6, 6.07) is 37.7.